The molecular weight excluding hydrogens is 519 g/mol. The summed E-state index contributed by atoms with van der Waals surface area (Å²) in [4.78, 5) is 12.1. The highest BCUT2D eigenvalue weighted by Gasteiger charge is 2.27. The molecule has 0 fully saturated rings. The Labute approximate surface area is 229 Å². The average molecular weight is 546 g/mol. The van der Waals surface area contributed by atoms with Crippen molar-refractivity contribution in [2.75, 3.05) is 13.7 Å². The molecule has 0 spiro atoms. The zero-order valence-electron chi connectivity index (χ0n) is 21.8. The maximum Gasteiger partial charge on any atom is 0.337 e. The number of nitrogens with zero attached hydrogens (tertiary/aromatic N) is 1. The maximum atomic E-state index is 15.1. The lowest BCUT2D eigenvalue weighted by Crippen LogP contribution is -2.09. The minimum Gasteiger partial charge on any atom is -0.488 e. The Balaban J connectivity index is 1.83. The second-order valence-electron chi connectivity index (χ2n) is 9.42. The van der Waals surface area contributed by atoms with Crippen LogP contribution in [-0.2, 0) is 11.3 Å². The number of carbonyl (C=O) groups excluding carboxylic acids is 1. The van der Waals surface area contributed by atoms with Crippen molar-refractivity contribution in [3.8, 4) is 22.6 Å². The highest BCUT2D eigenvalue weighted by molar-refractivity contribution is 6.04. The van der Waals surface area contributed by atoms with E-state index >= 15 is 4.39 Å². The van der Waals surface area contributed by atoms with Crippen LogP contribution in [0.25, 0.3) is 27.7 Å². The first kappa shape index (κ1) is 27.0. The molecule has 204 valence electrons. The number of ether oxygens (including phenoxy) is 2. The van der Waals surface area contributed by atoms with E-state index in [0.29, 0.717) is 33.3 Å². The van der Waals surface area contributed by atoms with E-state index in [1.54, 1.807) is 35.8 Å². The number of benzene rings is 4. The number of methoxy groups -OCH3 is 1. The second kappa shape index (κ2) is 11.3. The van der Waals surface area contributed by atoms with Crippen molar-refractivity contribution in [1.82, 2.24) is 4.57 Å². The fourth-order valence-electron chi connectivity index (χ4n) is 4.85. The number of carbonyl (C=O) groups is 1. The highest BCUT2D eigenvalue weighted by Crippen LogP contribution is 2.45. The van der Waals surface area contributed by atoms with Gasteiger partial charge in [-0.15, -0.1) is 0 Å². The van der Waals surface area contributed by atoms with Crippen LogP contribution in [0.5, 0.6) is 5.75 Å². The molecule has 0 saturated heterocycles. The van der Waals surface area contributed by atoms with Crippen molar-refractivity contribution < 1.29 is 32.5 Å². The van der Waals surface area contributed by atoms with Gasteiger partial charge in [0.2, 0.25) is 0 Å². The van der Waals surface area contributed by atoms with Crippen LogP contribution < -0.4 is 4.74 Å². The summed E-state index contributed by atoms with van der Waals surface area (Å²) in [5, 5.41) is 10.8. The molecule has 0 aliphatic heterocycles. The van der Waals surface area contributed by atoms with E-state index in [1.807, 2.05) is 30.3 Å². The number of rotatable bonds is 8. The quantitative estimate of drug-likeness (QED) is 0.210. The van der Waals surface area contributed by atoms with E-state index in [9.17, 15) is 18.7 Å². The van der Waals surface area contributed by atoms with Gasteiger partial charge in [0.1, 0.15) is 18.2 Å². The summed E-state index contributed by atoms with van der Waals surface area (Å²) in [6.07, 6.45) is 0. The SMILES string of the molecule is COC(=O)c1ccc(-c2c(C(C)CO)n(-c3ccc(F)c(F)c3)c3cc(F)cc(OCc4ccccc4)c23)cc1. The first-order valence-corrected chi connectivity index (χ1v) is 12.6. The van der Waals surface area contributed by atoms with Crippen LogP contribution >= 0.6 is 0 Å². The van der Waals surface area contributed by atoms with Crippen molar-refractivity contribution in [2.45, 2.75) is 19.4 Å². The molecule has 1 heterocycles. The van der Waals surface area contributed by atoms with Gasteiger partial charge in [0.15, 0.2) is 11.6 Å². The number of fused-ring (bicyclic) bond motifs is 1. The predicted molar refractivity (Wildman–Crippen MR) is 146 cm³/mol. The summed E-state index contributed by atoms with van der Waals surface area (Å²) in [7, 11) is 1.29. The summed E-state index contributed by atoms with van der Waals surface area (Å²) in [6.45, 7) is 1.65. The van der Waals surface area contributed by atoms with Crippen LogP contribution in [0.3, 0.4) is 0 Å². The maximum absolute atomic E-state index is 15.1. The summed E-state index contributed by atoms with van der Waals surface area (Å²) in [5.41, 5.74) is 3.56. The van der Waals surface area contributed by atoms with Crippen LogP contribution in [0.4, 0.5) is 13.2 Å². The molecule has 1 N–H and O–H groups in total. The van der Waals surface area contributed by atoms with Gasteiger partial charge in [0, 0.05) is 35.0 Å². The number of hydrogen-bond donors (Lipinski definition) is 1. The van der Waals surface area contributed by atoms with Gasteiger partial charge in [0.25, 0.3) is 0 Å². The molecule has 0 amide bonds. The van der Waals surface area contributed by atoms with Crippen molar-refractivity contribution in [3.63, 3.8) is 0 Å². The van der Waals surface area contributed by atoms with Gasteiger partial charge in [0.05, 0.1) is 30.2 Å². The third kappa shape index (κ3) is 5.05. The van der Waals surface area contributed by atoms with Gasteiger partial charge in [-0.2, -0.15) is 0 Å². The number of aliphatic hydroxyl groups excluding tert-OH is 1. The molecule has 0 aliphatic carbocycles. The molecule has 40 heavy (non-hydrogen) atoms. The fraction of sp³-hybridized carbons (Fsp3) is 0.156. The first-order valence-electron chi connectivity index (χ1n) is 12.6. The van der Waals surface area contributed by atoms with Gasteiger partial charge in [-0.1, -0.05) is 49.4 Å². The fourth-order valence-corrected chi connectivity index (χ4v) is 4.85. The standard InChI is InChI=1S/C32H26F3NO4/c1-19(17-37)31-29(21-8-10-22(11-9-21)32(38)39-2)30-27(36(31)24-12-13-25(34)26(35)16-24)14-23(33)15-28(30)40-18-20-6-4-3-5-7-20/h3-16,19,37H,17-18H2,1-2H3. The van der Waals surface area contributed by atoms with Gasteiger partial charge < -0.3 is 19.1 Å². The lowest BCUT2D eigenvalue weighted by Gasteiger charge is -2.17. The number of aliphatic hydroxyl groups is 1. The van der Waals surface area contributed by atoms with E-state index < -0.39 is 29.3 Å². The Kier molecular flexibility index (Phi) is 7.62. The Hall–Kier alpha value is -4.56. The molecule has 0 aliphatic rings. The zero-order chi connectivity index (χ0) is 28.4. The van der Waals surface area contributed by atoms with Crippen LogP contribution in [-0.4, -0.2) is 29.4 Å². The molecule has 1 unspecified atom stereocenters. The third-order valence-electron chi connectivity index (χ3n) is 6.77. The van der Waals surface area contributed by atoms with Crippen molar-refractivity contribution in [3.05, 3.63) is 119 Å². The molecular formula is C32H26F3NO4. The third-order valence-corrected chi connectivity index (χ3v) is 6.77. The summed E-state index contributed by atoms with van der Waals surface area (Å²) in [6, 6.07) is 22.0. The molecule has 0 saturated carbocycles. The lowest BCUT2D eigenvalue weighted by atomic mass is 9.95. The normalized spacial score (nSPS) is 11.9. The monoisotopic (exact) mass is 545 g/mol. The largest absolute Gasteiger partial charge is 0.488 e. The molecule has 5 aromatic rings. The van der Waals surface area contributed by atoms with Gasteiger partial charge in [-0.05, 0) is 41.5 Å². The van der Waals surface area contributed by atoms with Crippen molar-refractivity contribution >= 4 is 16.9 Å². The molecule has 4 aromatic carbocycles. The summed E-state index contributed by atoms with van der Waals surface area (Å²) >= 11 is 0. The minimum absolute atomic E-state index is 0.154. The Bertz CT molecular complexity index is 1680. The van der Waals surface area contributed by atoms with Gasteiger partial charge in [-0.3, -0.25) is 0 Å². The number of halogens is 3. The van der Waals surface area contributed by atoms with Crippen LogP contribution in [0, 0.1) is 17.5 Å². The molecule has 1 aromatic heterocycles. The highest BCUT2D eigenvalue weighted by atomic mass is 19.2. The number of esters is 1. The number of aromatic nitrogens is 1. The average Bonchev–Trinajstić information content (AvgIpc) is 3.32. The molecule has 0 bridgehead atoms. The Morgan fingerprint density at radius 1 is 0.925 bits per heavy atom. The minimum atomic E-state index is -1.07. The van der Waals surface area contributed by atoms with E-state index in [2.05, 4.69) is 0 Å². The molecule has 1 atom stereocenters. The van der Waals surface area contributed by atoms with E-state index in [1.165, 1.54) is 25.3 Å². The smallest absolute Gasteiger partial charge is 0.337 e. The molecule has 5 rings (SSSR count). The Morgan fingerprint density at radius 2 is 1.65 bits per heavy atom. The van der Waals surface area contributed by atoms with Crippen LogP contribution in [0.1, 0.15) is 34.5 Å². The summed E-state index contributed by atoms with van der Waals surface area (Å²) < 4.78 is 56.1. The van der Waals surface area contributed by atoms with Gasteiger partial charge in [-0.25, -0.2) is 18.0 Å². The lowest BCUT2D eigenvalue weighted by molar-refractivity contribution is 0.0600. The van der Waals surface area contributed by atoms with Crippen LogP contribution in [0.2, 0.25) is 0 Å². The predicted octanol–water partition coefficient (Wildman–Crippen LogP) is 7.18. The Morgan fingerprint density at radius 3 is 2.30 bits per heavy atom. The van der Waals surface area contributed by atoms with Gasteiger partial charge >= 0.3 is 5.97 Å². The molecule has 8 heteroatoms. The topological polar surface area (TPSA) is 60.7 Å². The molecule has 5 nitrogen and oxygen atoms in total. The summed E-state index contributed by atoms with van der Waals surface area (Å²) in [5.74, 6) is -3.46. The van der Waals surface area contributed by atoms with E-state index in [0.717, 1.165) is 17.7 Å². The van der Waals surface area contributed by atoms with E-state index in [-0.39, 0.29) is 24.7 Å². The molecule has 0 radical (unpaired) electrons. The second-order valence-corrected chi connectivity index (χ2v) is 9.42. The first-order chi connectivity index (χ1) is 19.3. The number of hydrogen-bond acceptors (Lipinski definition) is 4. The zero-order valence-corrected chi connectivity index (χ0v) is 21.8. The van der Waals surface area contributed by atoms with E-state index in [4.69, 9.17) is 9.47 Å². The van der Waals surface area contributed by atoms with Crippen molar-refractivity contribution in [2.24, 2.45) is 0 Å². The van der Waals surface area contributed by atoms with Crippen LogP contribution in [0.15, 0.2) is 84.9 Å². The van der Waals surface area contributed by atoms with Crippen molar-refractivity contribution in [1.29, 1.82) is 0 Å².